The standard InChI is InChI=1S/C16H15FO2/c1-2-15(18)14-8-3-4-9-16(14)19-11-12-6-5-7-13(17)10-12/h3-10H,2,11H2,1H3. The zero-order valence-electron chi connectivity index (χ0n) is 10.7. The Labute approximate surface area is 111 Å². The number of Topliss-reactive ketones (excluding diaryl/α,β-unsaturated/α-hetero) is 1. The lowest BCUT2D eigenvalue weighted by atomic mass is 10.1. The number of carbonyl (C=O) groups is 1. The van der Waals surface area contributed by atoms with E-state index in [1.165, 1.54) is 12.1 Å². The summed E-state index contributed by atoms with van der Waals surface area (Å²) in [5.41, 5.74) is 1.31. The van der Waals surface area contributed by atoms with Crippen LogP contribution < -0.4 is 4.74 Å². The van der Waals surface area contributed by atoms with Crippen molar-refractivity contribution in [2.45, 2.75) is 20.0 Å². The highest BCUT2D eigenvalue weighted by Crippen LogP contribution is 2.21. The molecule has 0 heterocycles. The topological polar surface area (TPSA) is 26.3 Å². The molecule has 0 unspecified atom stereocenters. The average Bonchev–Trinajstić information content (AvgIpc) is 2.45. The molecule has 0 aliphatic carbocycles. The van der Waals surface area contributed by atoms with Gasteiger partial charge >= 0.3 is 0 Å². The number of carbonyl (C=O) groups excluding carboxylic acids is 1. The molecule has 0 aliphatic heterocycles. The first-order valence-corrected chi connectivity index (χ1v) is 6.20. The van der Waals surface area contributed by atoms with Crippen LogP contribution in [0, 0.1) is 5.82 Å². The maximum absolute atomic E-state index is 13.0. The van der Waals surface area contributed by atoms with Gasteiger partial charge in [0.2, 0.25) is 0 Å². The van der Waals surface area contributed by atoms with Gasteiger partial charge in [0.15, 0.2) is 5.78 Å². The fourth-order valence-corrected chi connectivity index (χ4v) is 1.80. The van der Waals surface area contributed by atoms with Crippen molar-refractivity contribution in [2.75, 3.05) is 0 Å². The lowest BCUT2D eigenvalue weighted by Crippen LogP contribution is -2.03. The Morgan fingerprint density at radius 3 is 2.68 bits per heavy atom. The van der Waals surface area contributed by atoms with Gasteiger partial charge in [-0.25, -0.2) is 4.39 Å². The van der Waals surface area contributed by atoms with Gasteiger partial charge in [-0.1, -0.05) is 31.2 Å². The smallest absolute Gasteiger partial charge is 0.166 e. The van der Waals surface area contributed by atoms with Crippen LogP contribution in [-0.4, -0.2) is 5.78 Å². The van der Waals surface area contributed by atoms with Crippen molar-refractivity contribution in [3.63, 3.8) is 0 Å². The van der Waals surface area contributed by atoms with E-state index in [9.17, 15) is 9.18 Å². The minimum Gasteiger partial charge on any atom is -0.488 e. The molecule has 0 fully saturated rings. The third kappa shape index (κ3) is 3.41. The summed E-state index contributed by atoms with van der Waals surface area (Å²) in [4.78, 5) is 11.8. The van der Waals surface area contributed by atoms with Crippen LogP contribution in [0.2, 0.25) is 0 Å². The molecule has 2 nitrogen and oxygen atoms in total. The first-order chi connectivity index (χ1) is 9.20. The van der Waals surface area contributed by atoms with E-state index in [0.29, 0.717) is 17.7 Å². The van der Waals surface area contributed by atoms with Crippen molar-refractivity contribution in [1.82, 2.24) is 0 Å². The molecule has 3 heteroatoms. The van der Waals surface area contributed by atoms with Gasteiger partial charge in [-0.15, -0.1) is 0 Å². The van der Waals surface area contributed by atoms with E-state index in [0.717, 1.165) is 5.56 Å². The number of ketones is 1. The van der Waals surface area contributed by atoms with Crippen LogP contribution in [0.1, 0.15) is 29.3 Å². The number of benzene rings is 2. The van der Waals surface area contributed by atoms with Crippen molar-refractivity contribution >= 4 is 5.78 Å². The molecular formula is C16H15FO2. The van der Waals surface area contributed by atoms with Crippen molar-refractivity contribution < 1.29 is 13.9 Å². The Bertz CT molecular complexity index is 578. The maximum Gasteiger partial charge on any atom is 0.166 e. The Balaban J connectivity index is 2.13. The van der Waals surface area contributed by atoms with E-state index >= 15 is 0 Å². The summed E-state index contributed by atoms with van der Waals surface area (Å²) >= 11 is 0. The normalized spacial score (nSPS) is 10.2. The average molecular weight is 258 g/mol. The third-order valence-electron chi connectivity index (χ3n) is 2.79. The van der Waals surface area contributed by atoms with Crippen molar-refractivity contribution in [2.24, 2.45) is 0 Å². The van der Waals surface area contributed by atoms with Gasteiger partial charge in [0, 0.05) is 6.42 Å². The number of halogens is 1. The van der Waals surface area contributed by atoms with E-state index in [1.807, 2.05) is 13.0 Å². The van der Waals surface area contributed by atoms with Gasteiger partial charge in [-0.05, 0) is 29.8 Å². The van der Waals surface area contributed by atoms with Crippen LogP contribution in [-0.2, 0) is 6.61 Å². The molecule has 98 valence electrons. The maximum atomic E-state index is 13.0. The Hall–Kier alpha value is -2.16. The number of hydrogen-bond donors (Lipinski definition) is 0. The monoisotopic (exact) mass is 258 g/mol. The summed E-state index contributed by atoms with van der Waals surface area (Å²) in [6, 6.07) is 13.3. The summed E-state index contributed by atoms with van der Waals surface area (Å²) in [6.07, 6.45) is 0.431. The molecule has 2 aromatic rings. The number of ether oxygens (including phenoxy) is 1. The van der Waals surface area contributed by atoms with Crippen molar-refractivity contribution in [3.8, 4) is 5.75 Å². The zero-order valence-corrected chi connectivity index (χ0v) is 10.7. The third-order valence-corrected chi connectivity index (χ3v) is 2.79. The predicted octanol–water partition coefficient (Wildman–Crippen LogP) is 4.00. The summed E-state index contributed by atoms with van der Waals surface area (Å²) in [7, 11) is 0. The molecule has 2 rings (SSSR count). The molecule has 0 aromatic heterocycles. The number of para-hydroxylation sites is 1. The minimum atomic E-state index is -0.293. The summed E-state index contributed by atoms with van der Waals surface area (Å²) in [6.45, 7) is 2.05. The summed E-state index contributed by atoms with van der Waals surface area (Å²) in [5, 5.41) is 0. The number of hydrogen-bond acceptors (Lipinski definition) is 2. The molecule has 0 N–H and O–H groups in total. The first kappa shape index (κ1) is 13.3. The predicted molar refractivity (Wildman–Crippen MR) is 71.8 cm³/mol. The van der Waals surface area contributed by atoms with Crippen LogP contribution in [0.5, 0.6) is 5.75 Å². The van der Waals surface area contributed by atoms with Gasteiger partial charge in [0.1, 0.15) is 18.2 Å². The van der Waals surface area contributed by atoms with E-state index < -0.39 is 0 Å². The van der Waals surface area contributed by atoms with Crippen molar-refractivity contribution in [3.05, 3.63) is 65.5 Å². The van der Waals surface area contributed by atoms with Crippen LogP contribution in [0.15, 0.2) is 48.5 Å². The van der Waals surface area contributed by atoms with Crippen molar-refractivity contribution in [1.29, 1.82) is 0 Å². The first-order valence-electron chi connectivity index (χ1n) is 6.20. The van der Waals surface area contributed by atoms with Gasteiger partial charge < -0.3 is 4.74 Å². The second-order valence-electron chi connectivity index (χ2n) is 4.19. The second kappa shape index (κ2) is 6.14. The highest BCUT2D eigenvalue weighted by atomic mass is 19.1. The van der Waals surface area contributed by atoms with Gasteiger partial charge in [-0.3, -0.25) is 4.79 Å². The van der Waals surface area contributed by atoms with E-state index in [4.69, 9.17) is 4.74 Å². The molecular weight excluding hydrogens is 243 g/mol. The summed E-state index contributed by atoms with van der Waals surface area (Å²) < 4.78 is 18.7. The summed E-state index contributed by atoms with van der Waals surface area (Å²) in [5.74, 6) is 0.285. The SMILES string of the molecule is CCC(=O)c1ccccc1OCc1cccc(F)c1. The molecule has 0 atom stereocenters. The lowest BCUT2D eigenvalue weighted by Gasteiger charge is -2.10. The van der Waals surface area contributed by atoms with Gasteiger partial charge in [0.05, 0.1) is 5.56 Å². The molecule has 0 spiro atoms. The molecule has 0 radical (unpaired) electrons. The quantitative estimate of drug-likeness (QED) is 0.758. The van der Waals surface area contributed by atoms with E-state index in [1.54, 1.807) is 30.3 Å². The van der Waals surface area contributed by atoms with E-state index in [2.05, 4.69) is 0 Å². The molecule has 0 saturated carbocycles. The number of rotatable bonds is 5. The second-order valence-corrected chi connectivity index (χ2v) is 4.19. The molecule has 0 amide bonds. The lowest BCUT2D eigenvalue weighted by molar-refractivity contribution is 0.0983. The van der Waals surface area contributed by atoms with Crippen LogP contribution in [0.4, 0.5) is 4.39 Å². The Kier molecular flexibility index (Phi) is 4.29. The highest BCUT2D eigenvalue weighted by molar-refractivity contribution is 5.98. The fraction of sp³-hybridized carbons (Fsp3) is 0.188. The largest absolute Gasteiger partial charge is 0.488 e. The highest BCUT2D eigenvalue weighted by Gasteiger charge is 2.10. The Morgan fingerprint density at radius 2 is 1.95 bits per heavy atom. The zero-order chi connectivity index (χ0) is 13.7. The van der Waals surface area contributed by atoms with Crippen LogP contribution in [0.3, 0.4) is 0 Å². The van der Waals surface area contributed by atoms with E-state index in [-0.39, 0.29) is 18.2 Å². The van der Waals surface area contributed by atoms with Crippen LogP contribution in [0.25, 0.3) is 0 Å². The van der Waals surface area contributed by atoms with Gasteiger partial charge in [0.25, 0.3) is 0 Å². The molecule has 0 saturated heterocycles. The molecule has 2 aromatic carbocycles. The molecule has 0 bridgehead atoms. The molecule has 19 heavy (non-hydrogen) atoms. The van der Waals surface area contributed by atoms with Gasteiger partial charge in [-0.2, -0.15) is 0 Å². The fourth-order valence-electron chi connectivity index (χ4n) is 1.80. The molecule has 0 aliphatic rings. The van der Waals surface area contributed by atoms with Crippen LogP contribution >= 0.6 is 0 Å². The minimum absolute atomic E-state index is 0.0369. The Morgan fingerprint density at radius 1 is 1.16 bits per heavy atom.